The van der Waals surface area contributed by atoms with Crippen molar-refractivity contribution in [2.75, 3.05) is 18.4 Å². The van der Waals surface area contributed by atoms with E-state index in [1.54, 1.807) is 4.90 Å². The van der Waals surface area contributed by atoms with Crippen LogP contribution < -0.4 is 10.1 Å². The molecule has 1 N–H and O–H groups in total. The third-order valence-electron chi connectivity index (χ3n) is 5.36. The van der Waals surface area contributed by atoms with Gasteiger partial charge in [0.25, 0.3) is 5.91 Å². The van der Waals surface area contributed by atoms with Gasteiger partial charge in [0.15, 0.2) is 5.75 Å². The molecule has 6 heteroatoms. The third kappa shape index (κ3) is 5.09. The van der Waals surface area contributed by atoms with E-state index in [0.717, 1.165) is 0 Å². The maximum atomic E-state index is 13.1. The first-order valence-corrected chi connectivity index (χ1v) is 10.3. The number of piperidine rings is 1. The van der Waals surface area contributed by atoms with Gasteiger partial charge in [0, 0.05) is 24.6 Å². The lowest BCUT2D eigenvalue weighted by molar-refractivity contribution is -0.121. The summed E-state index contributed by atoms with van der Waals surface area (Å²) in [6, 6.07) is 22.2. The number of likely N-dealkylation sites (tertiary alicyclic amines) is 1. The molecule has 0 atom stereocenters. The molecule has 2 amide bonds. The Kier molecular flexibility index (Phi) is 6.26. The van der Waals surface area contributed by atoms with E-state index in [9.17, 15) is 14.0 Å². The Balaban J connectivity index is 1.35. The molecule has 1 fully saturated rings. The Labute approximate surface area is 180 Å². The Bertz CT molecular complexity index is 1050. The number of anilines is 1. The minimum absolute atomic E-state index is 0.0852. The smallest absolute Gasteiger partial charge is 0.253 e. The number of rotatable bonds is 5. The fraction of sp³-hybridized carbons (Fsp3) is 0.200. The number of para-hydroxylation sites is 3. The molecule has 0 aromatic heterocycles. The minimum atomic E-state index is -0.372. The van der Waals surface area contributed by atoms with Crippen LogP contribution in [0.4, 0.5) is 10.1 Å². The van der Waals surface area contributed by atoms with Crippen molar-refractivity contribution in [1.29, 1.82) is 0 Å². The van der Waals surface area contributed by atoms with E-state index >= 15 is 0 Å². The van der Waals surface area contributed by atoms with Crippen LogP contribution in [-0.4, -0.2) is 29.8 Å². The van der Waals surface area contributed by atoms with Gasteiger partial charge in [-0.2, -0.15) is 0 Å². The lowest BCUT2D eigenvalue weighted by atomic mass is 9.95. The van der Waals surface area contributed by atoms with Crippen LogP contribution in [0.25, 0.3) is 0 Å². The first kappa shape index (κ1) is 20.6. The second-order valence-electron chi connectivity index (χ2n) is 7.47. The summed E-state index contributed by atoms with van der Waals surface area (Å²) < 4.78 is 19.0. The number of hydrogen-bond acceptors (Lipinski definition) is 3. The average Bonchev–Trinajstić information content (AvgIpc) is 2.81. The number of nitrogens with one attached hydrogen (secondary N) is 1. The summed E-state index contributed by atoms with van der Waals surface area (Å²) in [5.41, 5.74) is 1.07. The lowest BCUT2D eigenvalue weighted by Crippen LogP contribution is -2.41. The highest BCUT2D eigenvalue weighted by molar-refractivity contribution is 5.96. The molecule has 31 heavy (non-hydrogen) atoms. The molecule has 0 unspecified atom stereocenters. The molecule has 1 aliphatic rings. The number of halogens is 1. The summed E-state index contributed by atoms with van der Waals surface area (Å²) in [6.45, 7) is 0.965. The summed E-state index contributed by atoms with van der Waals surface area (Å²) in [6.07, 6.45) is 1.14. The van der Waals surface area contributed by atoms with Crippen LogP contribution in [0.1, 0.15) is 23.2 Å². The Morgan fingerprint density at radius 1 is 0.871 bits per heavy atom. The van der Waals surface area contributed by atoms with Gasteiger partial charge in [-0.3, -0.25) is 9.59 Å². The molecule has 1 heterocycles. The molecule has 1 saturated heterocycles. The molecular weight excluding hydrogens is 395 g/mol. The van der Waals surface area contributed by atoms with Crippen molar-refractivity contribution in [2.24, 2.45) is 5.92 Å². The number of carbonyl (C=O) groups is 2. The van der Waals surface area contributed by atoms with E-state index in [0.29, 0.717) is 48.7 Å². The van der Waals surface area contributed by atoms with Crippen molar-refractivity contribution in [1.82, 2.24) is 4.90 Å². The molecule has 0 aliphatic carbocycles. The van der Waals surface area contributed by atoms with Crippen molar-refractivity contribution in [3.8, 4) is 11.5 Å². The third-order valence-corrected chi connectivity index (χ3v) is 5.36. The summed E-state index contributed by atoms with van der Waals surface area (Å²) in [5.74, 6) is 0.478. The molecule has 0 spiro atoms. The molecule has 158 valence electrons. The zero-order valence-corrected chi connectivity index (χ0v) is 17.0. The van der Waals surface area contributed by atoms with Gasteiger partial charge >= 0.3 is 0 Å². The van der Waals surface area contributed by atoms with E-state index < -0.39 is 0 Å². The van der Waals surface area contributed by atoms with Gasteiger partial charge in [-0.05, 0) is 61.4 Å². The normalized spacial score (nSPS) is 14.2. The van der Waals surface area contributed by atoms with Gasteiger partial charge < -0.3 is 15.0 Å². The largest absolute Gasteiger partial charge is 0.455 e. The SMILES string of the molecule is O=C(Nc1ccccc1Oc1ccccc1)C1CCN(C(=O)c2ccc(F)cc2)CC1. The number of carbonyl (C=O) groups excluding carboxylic acids is 2. The quantitative estimate of drug-likeness (QED) is 0.627. The van der Waals surface area contributed by atoms with E-state index in [2.05, 4.69) is 5.32 Å². The molecule has 3 aromatic rings. The summed E-state index contributed by atoms with van der Waals surface area (Å²) in [5, 5.41) is 2.97. The average molecular weight is 418 g/mol. The molecule has 0 radical (unpaired) electrons. The zero-order valence-electron chi connectivity index (χ0n) is 17.0. The van der Waals surface area contributed by atoms with E-state index in [1.807, 2.05) is 54.6 Å². The monoisotopic (exact) mass is 418 g/mol. The maximum Gasteiger partial charge on any atom is 0.253 e. The van der Waals surface area contributed by atoms with E-state index in [-0.39, 0.29) is 23.5 Å². The van der Waals surface area contributed by atoms with Crippen LogP contribution in [0.2, 0.25) is 0 Å². The van der Waals surface area contributed by atoms with Gasteiger partial charge in [0.1, 0.15) is 11.6 Å². The van der Waals surface area contributed by atoms with Gasteiger partial charge in [0.05, 0.1) is 5.69 Å². The Morgan fingerprint density at radius 3 is 2.23 bits per heavy atom. The van der Waals surface area contributed by atoms with Crippen molar-refractivity contribution < 1.29 is 18.7 Å². The number of benzene rings is 3. The zero-order chi connectivity index (χ0) is 21.6. The van der Waals surface area contributed by atoms with Crippen molar-refractivity contribution in [3.63, 3.8) is 0 Å². The predicted molar refractivity (Wildman–Crippen MR) is 117 cm³/mol. The van der Waals surface area contributed by atoms with Gasteiger partial charge in [-0.25, -0.2) is 4.39 Å². The van der Waals surface area contributed by atoms with Crippen molar-refractivity contribution >= 4 is 17.5 Å². The van der Waals surface area contributed by atoms with Gasteiger partial charge in [-0.15, -0.1) is 0 Å². The topological polar surface area (TPSA) is 58.6 Å². The molecule has 4 rings (SSSR count). The fourth-order valence-electron chi connectivity index (χ4n) is 3.63. The van der Waals surface area contributed by atoms with E-state index in [1.165, 1.54) is 24.3 Å². The number of nitrogens with zero attached hydrogens (tertiary/aromatic N) is 1. The van der Waals surface area contributed by atoms with Crippen LogP contribution in [0.3, 0.4) is 0 Å². The summed E-state index contributed by atoms with van der Waals surface area (Å²) in [7, 11) is 0. The Morgan fingerprint density at radius 2 is 1.52 bits per heavy atom. The number of amides is 2. The highest BCUT2D eigenvalue weighted by atomic mass is 19.1. The van der Waals surface area contributed by atoms with Crippen LogP contribution in [0.5, 0.6) is 11.5 Å². The van der Waals surface area contributed by atoms with Crippen molar-refractivity contribution in [2.45, 2.75) is 12.8 Å². The highest BCUT2D eigenvalue weighted by Crippen LogP contribution is 2.30. The predicted octanol–water partition coefficient (Wildman–Crippen LogP) is 5.11. The summed E-state index contributed by atoms with van der Waals surface area (Å²) in [4.78, 5) is 27.1. The van der Waals surface area contributed by atoms with Crippen LogP contribution >= 0.6 is 0 Å². The number of ether oxygens (including phenoxy) is 1. The van der Waals surface area contributed by atoms with E-state index in [4.69, 9.17) is 4.74 Å². The van der Waals surface area contributed by atoms with Crippen LogP contribution in [-0.2, 0) is 4.79 Å². The van der Waals surface area contributed by atoms with Crippen LogP contribution in [0, 0.1) is 11.7 Å². The van der Waals surface area contributed by atoms with Crippen LogP contribution in [0.15, 0.2) is 78.9 Å². The molecule has 5 nitrogen and oxygen atoms in total. The fourth-order valence-corrected chi connectivity index (χ4v) is 3.63. The molecule has 0 saturated carbocycles. The number of hydrogen-bond donors (Lipinski definition) is 1. The molecule has 0 bridgehead atoms. The summed E-state index contributed by atoms with van der Waals surface area (Å²) >= 11 is 0. The lowest BCUT2D eigenvalue weighted by Gasteiger charge is -2.31. The minimum Gasteiger partial charge on any atom is -0.455 e. The van der Waals surface area contributed by atoms with Gasteiger partial charge in [-0.1, -0.05) is 30.3 Å². The first-order chi connectivity index (χ1) is 15.1. The van der Waals surface area contributed by atoms with Crippen molar-refractivity contribution in [3.05, 3.63) is 90.2 Å². The second kappa shape index (κ2) is 9.43. The van der Waals surface area contributed by atoms with Gasteiger partial charge in [0.2, 0.25) is 5.91 Å². The first-order valence-electron chi connectivity index (χ1n) is 10.3. The molecular formula is C25H23FN2O3. The molecule has 3 aromatic carbocycles. The highest BCUT2D eigenvalue weighted by Gasteiger charge is 2.28. The Hall–Kier alpha value is -3.67. The molecule has 1 aliphatic heterocycles. The standard InChI is InChI=1S/C25H23FN2O3/c26-20-12-10-19(11-13-20)25(30)28-16-14-18(15-17-28)24(29)27-22-8-4-5-9-23(22)31-21-6-2-1-3-7-21/h1-13,18H,14-17H2,(H,27,29). The maximum absolute atomic E-state index is 13.1. The second-order valence-corrected chi connectivity index (χ2v) is 7.47.